The number of nitro groups is 1. The standard InChI is InChI=1S/C13H10N2O5/c16-12(17)4-2-8-20-11-6-5-10(15(18)19)9-3-1-7-14-13(9)11/h1-7H,8H2,(H,16,17). The van der Waals surface area contributed by atoms with Crippen LogP contribution in [-0.4, -0.2) is 27.6 Å². The zero-order chi connectivity index (χ0) is 14.5. The van der Waals surface area contributed by atoms with Crippen LogP contribution in [0, 0.1) is 10.1 Å². The molecule has 0 aliphatic carbocycles. The number of carboxylic acids is 1. The number of benzene rings is 1. The lowest BCUT2D eigenvalue weighted by molar-refractivity contribution is -0.383. The van der Waals surface area contributed by atoms with Gasteiger partial charge in [0.05, 0.1) is 10.3 Å². The second kappa shape index (κ2) is 5.79. The third kappa shape index (κ3) is 2.89. The quantitative estimate of drug-likeness (QED) is 0.509. The maximum absolute atomic E-state index is 10.9. The molecule has 0 fully saturated rings. The summed E-state index contributed by atoms with van der Waals surface area (Å²) in [5.41, 5.74) is 0.312. The number of rotatable bonds is 5. The van der Waals surface area contributed by atoms with Gasteiger partial charge in [0.2, 0.25) is 0 Å². The first-order valence-corrected chi connectivity index (χ1v) is 5.64. The molecule has 20 heavy (non-hydrogen) atoms. The summed E-state index contributed by atoms with van der Waals surface area (Å²) >= 11 is 0. The first-order chi connectivity index (χ1) is 9.59. The van der Waals surface area contributed by atoms with Gasteiger partial charge in [0.25, 0.3) is 5.69 Å². The van der Waals surface area contributed by atoms with Gasteiger partial charge in [0.1, 0.15) is 17.9 Å². The minimum absolute atomic E-state index is 0.0375. The van der Waals surface area contributed by atoms with Gasteiger partial charge in [-0.05, 0) is 24.3 Å². The molecule has 0 unspecified atom stereocenters. The molecule has 1 aromatic carbocycles. The number of fused-ring (bicyclic) bond motifs is 1. The number of hydrogen-bond acceptors (Lipinski definition) is 5. The maximum atomic E-state index is 10.9. The monoisotopic (exact) mass is 274 g/mol. The minimum Gasteiger partial charge on any atom is -0.487 e. The van der Waals surface area contributed by atoms with Gasteiger partial charge in [-0.3, -0.25) is 15.1 Å². The Kier molecular flexibility index (Phi) is 3.90. The number of pyridine rings is 1. The Hall–Kier alpha value is -2.96. The highest BCUT2D eigenvalue weighted by atomic mass is 16.6. The largest absolute Gasteiger partial charge is 0.487 e. The van der Waals surface area contributed by atoms with E-state index in [4.69, 9.17) is 9.84 Å². The lowest BCUT2D eigenvalue weighted by Crippen LogP contribution is -1.98. The molecule has 0 bridgehead atoms. The van der Waals surface area contributed by atoms with E-state index >= 15 is 0 Å². The van der Waals surface area contributed by atoms with E-state index in [9.17, 15) is 14.9 Å². The molecule has 0 amide bonds. The Bertz CT molecular complexity index is 696. The molecular weight excluding hydrogens is 264 g/mol. The summed E-state index contributed by atoms with van der Waals surface area (Å²) in [5, 5.41) is 19.7. The van der Waals surface area contributed by atoms with Crippen molar-refractivity contribution in [3.05, 3.63) is 52.7 Å². The van der Waals surface area contributed by atoms with E-state index in [2.05, 4.69) is 4.98 Å². The molecular formula is C13H10N2O5. The van der Waals surface area contributed by atoms with Gasteiger partial charge in [0.15, 0.2) is 0 Å². The Balaban J connectivity index is 2.33. The van der Waals surface area contributed by atoms with Crippen LogP contribution in [0.2, 0.25) is 0 Å². The van der Waals surface area contributed by atoms with Crippen LogP contribution >= 0.6 is 0 Å². The molecule has 0 aliphatic rings. The van der Waals surface area contributed by atoms with Crippen LogP contribution in [-0.2, 0) is 4.79 Å². The number of aromatic nitrogens is 1. The molecule has 0 saturated carbocycles. The molecule has 0 aliphatic heterocycles. The molecule has 2 aromatic rings. The van der Waals surface area contributed by atoms with Crippen molar-refractivity contribution in [3.63, 3.8) is 0 Å². The predicted octanol–water partition coefficient (Wildman–Crippen LogP) is 2.16. The van der Waals surface area contributed by atoms with Crippen LogP contribution in [0.3, 0.4) is 0 Å². The summed E-state index contributed by atoms with van der Waals surface area (Å²) in [6, 6.07) is 5.96. The second-order valence-electron chi connectivity index (χ2n) is 3.79. The van der Waals surface area contributed by atoms with Gasteiger partial charge in [-0.25, -0.2) is 4.79 Å². The van der Waals surface area contributed by atoms with Crippen LogP contribution in [0.1, 0.15) is 0 Å². The van der Waals surface area contributed by atoms with Crippen LogP contribution in [0.5, 0.6) is 5.75 Å². The van der Waals surface area contributed by atoms with Crippen molar-refractivity contribution < 1.29 is 19.6 Å². The summed E-state index contributed by atoms with van der Waals surface area (Å²) in [5.74, 6) is -0.707. The molecule has 0 saturated heterocycles. The van der Waals surface area contributed by atoms with E-state index in [-0.39, 0.29) is 12.3 Å². The van der Waals surface area contributed by atoms with Crippen molar-refractivity contribution in [2.24, 2.45) is 0 Å². The van der Waals surface area contributed by atoms with Crippen molar-refractivity contribution >= 4 is 22.6 Å². The second-order valence-corrected chi connectivity index (χ2v) is 3.79. The predicted molar refractivity (Wildman–Crippen MR) is 70.7 cm³/mol. The van der Waals surface area contributed by atoms with Crippen molar-refractivity contribution in [1.29, 1.82) is 0 Å². The maximum Gasteiger partial charge on any atom is 0.328 e. The van der Waals surface area contributed by atoms with Crippen molar-refractivity contribution in [3.8, 4) is 5.75 Å². The normalized spacial score (nSPS) is 10.8. The van der Waals surface area contributed by atoms with Crippen molar-refractivity contribution in [2.75, 3.05) is 6.61 Å². The smallest absolute Gasteiger partial charge is 0.328 e. The Morgan fingerprint density at radius 2 is 2.25 bits per heavy atom. The van der Waals surface area contributed by atoms with Crippen LogP contribution < -0.4 is 4.74 Å². The average Bonchev–Trinajstić information content (AvgIpc) is 2.43. The Morgan fingerprint density at radius 1 is 1.45 bits per heavy atom. The number of non-ortho nitro benzene ring substituents is 1. The van der Waals surface area contributed by atoms with Crippen LogP contribution in [0.4, 0.5) is 5.69 Å². The number of ether oxygens (including phenoxy) is 1. The van der Waals surface area contributed by atoms with E-state index in [1.54, 1.807) is 12.1 Å². The molecule has 7 nitrogen and oxygen atoms in total. The highest BCUT2D eigenvalue weighted by Gasteiger charge is 2.15. The first kappa shape index (κ1) is 13.5. The molecule has 0 spiro atoms. The fourth-order valence-corrected chi connectivity index (χ4v) is 1.69. The van der Waals surface area contributed by atoms with E-state index in [0.29, 0.717) is 16.7 Å². The Morgan fingerprint density at radius 3 is 2.95 bits per heavy atom. The van der Waals surface area contributed by atoms with E-state index in [1.807, 2.05) is 0 Å². The molecule has 1 aromatic heterocycles. The van der Waals surface area contributed by atoms with Crippen molar-refractivity contribution in [1.82, 2.24) is 4.98 Å². The van der Waals surface area contributed by atoms with Gasteiger partial charge in [0, 0.05) is 18.3 Å². The summed E-state index contributed by atoms with van der Waals surface area (Å²) < 4.78 is 5.37. The number of aliphatic carboxylic acids is 1. The average molecular weight is 274 g/mol. The van der Waals surface area contributed by atoms with E-state index < -0.39 is 10.9 Å². The van der Waals surface area contributed by atoms with Crippen LogP contribution in [0.25, 0.3) is 10.9 Å². The number of nitrogens with zero attached hydrogens (tertiary/aromatic N) is 2. The third-order valence-corrected chi connectivity index (χ3v) is 2.50. The van der Waals surface area contributed by atoms with Crippen molar-refractivity contribution in [2.45, 2.75) is 0 Å². The summed E-state index contributed by atoms with van der Waals surface area (Å²) in [7, 11) is 0. The SMILES string of the molecule is O=C(O)C=CCOc1ccc([N+](=O)[O-])c2cccnc12. The summed E-state index contributed by atoms with van der Waals surface area (Å²) in [6.45, 7) is 0.0375. The minimum atomic E-state index is -1.07. The molecule has 2 rings (SSSR count). The molecule has 0 radical (unpaired) electrons. The topological polar surface area (TPSA) is 103 Å². The first-order valence-electron chi connectivity index (χ1n) is 5.64. The number of nitro benzene ring substituents is 1. The molecule has 1 N–H and O–H groups in total. The summed E-state index contributed by atoms with van der Waals surface area (Å²) in [6.07, 6.45) is 3.80. The lowest BCUT2D eigenvalue weighted by atomic mass is 10.1. The highest BCUT2D eigenvalue weighted by molar-refractivity contribution is 5.92. The zero-order valence-corrected chi connectivity index (χ0v) is 10.2. The number of hydrogen-bond donors (Lipinski definition) is 1. The van der Waals surface area contributed by atoms with E-state index in [0.717, 1.165) is 6.08 Å². The van der Waals surface area contributed by atoms with E-state index in [1.165, 1.54) is 24.4 Å². The third-order valence-electron chi connectivity index (χ3n) is 2.50. The fourth-order valence-electron chi connectivity index (χ4n) is 1.69. The van der Waals surface area contributed by atoms with Gasteiger partial charge in [-0.2, -0.15) is 0 Å². The molecule has 0 atom stereocenters. The van der Waals surface area contributed by atoms with Gasteiger partial charge in [-0.15, -0.1) is 0 Å². The zero-order valence-electron chi connectivity index (χ0n) is 10.2. The lowest BCUT2D eigenvalue weighted by Gasteiger charge is -2.06. The number of carbonyl (C=O) groups is 1. The molecule has 1 heterocycles. The fraction of sp³-hybridized carbons (Fsp3) is 0.0769. The summed E-state index contributed by atoms with van der Waals surface area (Å²) in [4.78, 5) is 24.8. The van der Waals surface area contributed by atoms with Gasteiger partial charge < -0.3 is 9.84 Å². The highest BCUT2D eigenvalue weighted by Crippen LogP contribution is 2.31. The number of carboxylic acid groups (broad SMARTS) is 1. The molecule has 7 heteroatoms. The molecule has 102 valence electrons. The van der Waals surface area contributed by atoms with Gasteiger partial charge in [-0.1, -0.05) is 0 Å². The van der Waals surface area contributed by atoms with Crippen LogP contribution in [0.15, 0.2) is 42.6 Å². The van der Waals surface area contributed by atoms with Gasteiger partial charge >= 0.3 is 5.97 Å². The Labute approximate surface area is 113 Å².